The fraction of sp³-hybridized carbons (Fsp3) is 0.250. The molecule has 0 spiro atoms. The van der Waals surface area contributed by atoms with Crippen LogP contribution in [0.5, 0.6) is 0 Å². The van der Waals surface area contributed by atoms with E-state index in [1.165, 1.54) is 0 Å². The average molecular weight is 74.1 g/mol. The van der Waals surface area contributed by atoms with Crippen LogP contribution in [-0.4, -0.2) is 6.79 Å². The predicted octanol–water partition coefficient (Wildman–Crippen LogP) is 1.25. The molecule has 0 saturated heterocycles. The second-order valence-electron chi connectivity index (χ2n) is 0. The molecule has 1 nitrogen and oxygen atoms in total. The third kappa shape index (κ3) is 19.5. The molecule has 0 unspecified atom stereocenters. The van der Waals surface area contributed by atoms with E-state index in [1.54, 1.807) is 0 Å². The van der Waals surface area contributed by atoms with Crippen LogP contribution in [-0.2, 0) is 4.79 Å². The van der Waals surface area contributed by atoms with Gasteiger partial charge < -0.3 is 4.79 Å². The topological polar surface area (TPSA) is 17.1 Å². The molecule has 1 heteroatoms. The lowest BCUT2D eigenvalue weighted by molar-refractivity contribution is -0.0979. The molecular formula is C4H10O. The van der Waals surface area contributed by atoms with Crippen LogP contribution in [0.3, 0.4) is 0 Å². The number of hydrogen-bond donors (Lipinski definition) is 0. The van der Waals surface area contributed by atoms with Crippen molar-refractivity contribution in [1.82, 2.24) is 0 Å². The Balaban J connectivity index is -0.0000000133. The summed E-state index contributed by atoms with van der Waals surface area (Å²) in [6.07, 6.45) is 0. The Hall–Kier alpha value is -0.590. The summed E-state index contributed by atoms with van der Waals surface area (Å²) in [4.78, 5) is 8.00. The van der Waals surface area contributed by atoms with E-state index in [0.717, 1.165) is 0 Å². The summed E-state index contributed by atoms with van der Waals surface area (Å²) in [6, 6.07) is 0. The van der Waals surface area contributed by atoms with Gasteiger partial charge in [0.1, 0.15) is 6.79 Å². The van der Waals surface area contributed by atoms with E-state index in [9.17, 15) is 0 Å². The smallest absolute Gasteiger partial charge is 0.106 e. The van der Waals surface area contributed by atoms with E-state index in [2.05, 4.69) is 13.2 Å². The number of carbonyl (C=O) groups is 1. The molecule has 0 heterocycles. The zero-order chi connectivity index (χ0) is 4.00. The monoisotopic (exact) mass is 74.1 g/mol. The van der Waals surface area contributed by atoms with Gasteiger partial charge in [0, 0.05) is 0 Å². The Morgan fingerprint density at radius 1 is 1.00 bits per heavy atom. The van der Waals surface area contributed by atoms with Crippen molar-refractivity contribution in [3.8, 4) is 0 Å². The van der Waals surface area contributed by atoms with Gasteiger partial charge in [-0.1, -0.05) is 7.43 Å². The van der Waals surface area contributed by atoms with Gasteiger partial charge in [-0.3, -0.25) is 0 Å². The molecule has 0 N–H and O–H groups in total. The first kappa shape index (κ1) is 25.8. The molecule has 0 amide bonds. The Bertz CT molecular complexity index is 5.61. The Labute approximate surface area is 33.3 Å². The highest BCUT2D eigenvalue weighted by molar-refractivity contribution is 5.10. The molecule has 0 fully saturated rings. The number of rotatable bonds is 0. The average Bonchev–Trinajstić information content (AvgIpc) is 1.50. The summed E-state index contributed by atoms with van der Waals surface area (Å²) in [6.45, 7) is 8.00. The van der Waals surface area contributed by atoms with Crippen LogP contribution >= 0.6 is 0 Å². The summed E-state index contributed by atoms with van der Waals surface area (Å²) >= 11 is 0. The van der Waals surface area contributed by atoms with Gasteiger partial charge in [-0.2, -0.15) is 0 Å². The van der Waals surface area contributed by atoms with Crippen LogP contribution in [0.1, 0.15) is 7.43 Å². The van der Waals surface area contributed by atoms with Crippen LogP contribution in [0.4, 0.5) is 0 Å². The zero-order valence-corrected chi connectivity index (χ0v) is 2.53. The molecular weight excluding hydrogens is 64.0 g/mol. The predicted molar refractivity (Wildman–Crippen MR) is 25.1 cm³/mol. The molecule has 0 aliphatic rings. The summed E-state index contributed by atoms with van der Waals surface area (Å²) in [5.74, 6) is 0. The molecule has 0 radical (unpaired) electrons. The van der Waals surface area contributed by atoms with E-state index in [0.29, 0.717) is 0 Å². The van der Waals surface area contributed by atoms with Gasteiger partial charge >= 0.3 is 0 Å². The van der Waals surface area contributed by atoms with E-state index >= 15 is 0 Å². The summed E-state index contributed by atoms with van der Waals surface area (Å²) in [7, 11) is 0. The molecule has 0 aromatic carbocycles. The van der Waals surface area contributed by atoms with Crippen molar-refractivity contribution < 1.29 is 4.79 Å². The van der Waals surface area contributed by atoms with Crippen LogP contribution in [0.25, 0.3) is 0 Å². The highest BCUT2D eigenvalue weighted by Gasteiger charge is 0.636. The lowest BCUT2D eigenvalue weighted by Gasteiger charge is -0.837. The summed E-state index contributed by atoms with van der Waals surface area (Å²) in [5, 5.41) is 0. The first-order chi connectivity index (χ1) is 2.00. The summed E-state index contributed by atoms with van der Waals surface area (Å²) < 4.78 is 0. The Morgan fingerprint density at radius 3 is 1.00 bits per heavy atom. The lowest BCUT2D eigenvalue weighted by atomic mass is 11.3. The standard InChI is InChI=1S/C2H4.CH2O.CH4/c2*1-2;/h1-2H2;1H2;1H4. The van der Waals surface area contributed by atoms with Crippen molar-refractivity contribution in [1.29, 1.82) is 0 Å². The van der Waals surface area contributed by atoms with Gasteiger partial charge in [0.15, 0.2) is 0 Å². The largest absolute Gasteiger partial charge is 0.307 e. The second kappa shape index (κ2) is 56.9. The quantitative estimate of drug-likeness (QED) is 0.395. The molecule has 0 rings (SSSR count). The third-order valence-electron chi connectivity index (χ3n) is 0. The maximum atomic E-state index is 8.00. The number of hydrogen-bond acceptors (Lipinski definition) is 1. The van der Waals surface area contributed by atoms with E-state index in [-0.39, 0.29) is 7.43 Å². The molecule has 32 valence electrons. The van der Waals surface area contributed by atoms with Gasteiger partial charge in [0.25, 0.3) is 0 Å². The Morgan fingerprint density at radius 2 is 1.00 bits per heavy atom. The maximum absolute atomic E-state index is 8.00. The zero-order valence-electron chi connectivity index (χ0n) is 2.53. The van der Waals surface area contributed by atoms with Crippen molar-refractivity contribution in [2.75, 3.05) is 0 Å². The van der Waals surface area contributed by atoms with E-state index < -0.39 is 0 Å². The molecule has 0 aliphatic carbocycles. The van der Waals surface area contributed by atoms with Crippen molar-refractivity contribution in [3.05, 3.63) is 13.2 Å². The first-order valence-corrected chi connectivity index (χ1v) is 0.789. The molecule has 0 aliphatic heterocycles. The summed E-state index contributed by atoms with van der Waals surface area (Å²) in [5.41, 5.74) is 0. The molecule has 0 aromatic rings. The van der Waals surface area contributed by atoms with E-state index in [1.807, 2.05) is 6.79 Å². The minimum absolute atomic E-state index is 0. The fourth-order valence-corrected chi connectivity index (χ4v) is 0. The van der Waals surface area contributed by atoms with Crippen LogP contribution in [0.2, 0.25) is 0 Å². The van der Waals surface area contributed by atoms with Crippen LogP contribution in [0, 0.1) is 0 Å². The minimum Gasteiger partial charge on any atom is -0.307 e. The van der Waals surface area contributed by atoms with Crippen molar-refractivity contribution in [2.45, 2.75) is 7.43 Å². The molecule has 0 atom stereocenters. The molecule has 0 aromatic heterocycles. The SMILES string of the molecule is C.C=C.C=O. The fourth-order valence-electron chi connectivity index (χ4n) is 0. The lowest BCUT2D eigenvalue weighted by Crippen LogP contribution is -0.925. The van der Waals surface area contributed by atoms with Gasteiger partial charge in [0.05, 0.1) is 0 Å². The Kier molecular flexibility index (Phi) is 294. The van der Waals surface area contributed by atoms with Gasteiger partial charge in [-0.15, -0.1) is 13.2 Å². The van der Waals surface area contributed by atoms with Crippen molar-refractivity contribution >= 4 is 6.79 Å². The molecule has 5 heavy (non-hydrogen) atoms. The van der Waals surface area contributed by atoms with Gasteiger partial charge in [0.2, 0.25) is 0 Å². The second-order valence-corrected chi connectivity index (χ2v) is 0. The third-order valence-corrected chi connectivity index (χ3v) is 0. The van der Waals surface area contributed by atoms with Crippen molar-refractivity contribution in [3.63, 3.8) is 0 Å². The van der Waals surface area contributed by atoms with Crippen molar-refractivity contribution in [2.24, 2.45) is 0 Å². The highest BCUT2D eigenvalue weighted by Crippen LogP contribution is 0.862. The normalized spacial score (nSPS) is 1.60. The van der Waals surface area contributed by atoms with E-state index in [4.69, 9.17) is 4.79 Å². The van der Waals surface area contributed by atoms with Gasteiger partial charge in [-0.05, 0) is 0 Å². The van der Waals surface area contributed by atoms with Crippen LogP contribution < -0.4 is 0 Å². The minimum atomic E-state index is 0. The van der Waals surface area contributed by atoms with Gasteiger partial charge in [-0.25, -0.2) is 0 Å². The number of carbonyl (C=O) groups excluding carboxylic acids is 1. The molecule has 0 bridgehead atoms. The molecule has 0 saturated carbocycles. The van der Waals surface area contributed by atoms with Crippen LogP contribution in [0.15, 0.2) is 13.2 Å². The highest BCUT2D eigenvalue weighted by atomic mass is 16.1. The first-order valence-electron chi connectivity index (χ1n) is 0.789. The maximum Gasteiger partial charge on any atom is 0.106 e.